The normalized spacial score (nSPS) is 10.4. The molecule has 0 aliphatic carbocycles. The number of hydrogen-bond acceptors (Lipinski definition) is 2. The lowest BCUT2D eigenvalue weighted by molar-refractivity contribution is 0.586. The van der Waals surface area contributed by atoms with Crippen LogP contribution < -0.4 is 11.1 Å². The quantitative estimate of drug-likeness (QED) is 0.803. The number of nitrogens with one attached hydrogen (secondary N) is 1. The van der Waals surface area contributed by atoms with Crippen LogP contribution >= 0.6 is 35.4 Å². The van der Waals surface area contributed by atoms with Crippen LogP contribution in [-0.2, 0) is 0 Å². The monoisotopic (exact) mass is 332 g/mol. The first-order chi connectivity index (χ1) is 9.38. The van der Waals surface area contributed by atoms with Crippen molar-refractivity contribution in [2.45, 2.75) is 0 Å². The second-order valence-electron chi connectivity index (χ2n) is 3.93. The lowest BCUT2D eigenvalue weighted by atomic mass is 10.2. The summed E-state index contributed by atoms with van der Waals surface area (Å²) >= 11 is 16.7. The maximum absolute atomic E-state index is 13.7. The fourth-order valence-corrected chi connectivity index (χ4v) is 2.16. The van der Waals surface area contributed by atoms with Crippen LogP contribution in [0.2, 0.25) is 10.0 Å². The molecule has 0 heterocycles. The Hall–Kier alpha value is -1.43. The molecule has 0 aliphatic heterocycles. The summed E-state index contributed by atoms with van der Waals surface area (Å²) in [5.41, 5.74) is 6.41. The van der Waals surface area contributed by atoms with Crippen molar-refractivity contribution >= 4 is 51.8 Å². The van der Waals surface area contributed by atoms with Gasteiger partial charge in [-0.3, -0.25) is 0 Å². The third kappa shape index (κ3) is 3.17. The van der Waals surface area contributed by atoms with Gasteiger partial charge in [0.05, 0.1) is 21.4 Å². The Bertz CT molecular complexity index is 669. The molecule has 3 N–H and O–H groups in total. The smallest absolute Gasteiger partial charge is 0.151 e. The summed E-state index contributed by atoms with van der Waals surface area (Å²) in [5, 5.41) is 2.91. The number of rotatable bonds is 3. The van der Waals surface area contributed by atoms with Gasteiger partial charge in [-0.15, -0.1) is 0 Å². The molecule has 0 saturated heterocycles. The minimum absolute atomic E-state index is 0.0574. The van der Waals surface area contributed by atoms with Crippen molar-refractivity contribution in [2.75, 3.05) is 5.32 Å². The first-order valence-electron chi connectivity index (χ1n) is 5.39. The van der Waals surface area contributed by atoms with Crippen molar-refractivity contribution in [2.24, 2.45) is 5.73 Å². The highest BCUT2D eigenvalue weighted by Gasteiger charge is 2.12. The van der Waals surface area contributed by atoms with Gasteiger partial charge in [-0.1, -0.05) is 35.4 Å². The summed E-state index contributed by atoms with van der Waals surface area (Å²) < 4.78 is 26.6. The van der Waals surface area contributed by atoms with Gasteiger partial charge in [0.25, 0.3) is 0 Å². The summed E-state index contributed by atoms with van der Waals surface area (Å²) in [6.45, 7) is 0. The summed E-state index contributed by atoms with van der Waals surface area (Å²) in [4.78, 5) is 0.199. The Labute approximate surface area is 129 Å². The molecule has 2 aromatic rings. The van der Waals surface area contributed by atoms with E-state index in [0.29, 0.717) is 11.3 Å². The molecule has 2 aromatic carbocycles. The SMILES string of the molecule is NC(=S)c1ccc(Nc2c(F)cc(F)cc2Cl)c(Cl)c1. The van der Waals surface area contributed by atoms with Gasteiger partial charge in [0, 0.05) is 11.6 Å². The van der Waals surface area contributed by atoms with E-state index in [4.69, 9.17) is 41.2 Å². The van der Waals surface area contributed by atoms with E-state index in [9.17, 15) is 8.78 Å². The molecule has 0 atom stereocenters. The van der Waals surface area contributed by atoms with Crippen LogP contribution in [0.15, 0.2) is 30.3 Å². The van der Waals surface area contributed by atoms with Gasteiger partial charge in [0.2, 0.25) is 0 Å². The minimum atomic E-state index is -0.815. The molecule has 0 unspecified atom stereocenters. The average Bonchev–Trinajstić information content (AvgIpc) is 2.34. The van der Waals surface area contributed by atoms with Crippen LogP contribution in [0, 0.1) is 11.6 Å². The first-order valence-corrected chi connectivity index (χ1v) is 6.56. The molecule has 0 aromatic heterocycles. The highest BCUT2D eigenvalue weighted by molar-refractivity contribution is 7.80. The van der Waals surface area contributed by atoms with Crippen molar-refractivity contribution in [3.05, 3.63) is 57.6 Å². The van der Waals surface area contributed by atoms with E-state index in [2.05, 4.69) is 5.32 Å². The first kappa shape index (κ1) is 15.0. The molecule has 104 valence electrons. The Morgan fingerprint density at radius 1 is 1.10 bits per heavy atom. The van der Waals surface area contributed by atoms with E-state index in [0.717, 1.165) is 12.1 Å². The maximum atomic E-state index is 13.7. The fourth-order valence-electron chi connectivity index (χ4n) is 1.57. The number of halogens is 4. The third-order valence-electron chi connectivity index (χ3n) is 2.52. The predicted molar refractivity (Wildman–Crippen MR) is 82.0 cm³/mol. The van der Waals surface area contributed by atoms with Crippen LogP contribution in [-0.4, -0.2) is 4.99 Å². The zero-order valence-corrected chi connectivity index (χ0v) is 12.2. The van der Waals surface area contributed by atoms with E-state index in [1.807, 2.05) is 0 Å². The Morgan fingerprint density at radius 3 is 2.35 bits per heavy atom. The van der Waals surface area contributed by atoms with Crippen molar-refractivity contribution in [3.8, 4) is 0 Å². The predicted octanol–water partition coefficient (Wildman–Crippen LogP) is 4.65. The minimum Gasteiger partial charge on any atom is -0.389 e. The second kappa shape index (κ2) is 5.91. The third-order valence-corrected chi connectivity index (χ3v) is 3.37. The maximum Gasteiger partial charge on any atom is 0.151 e. The molecule has 2 rings (SSSR count). The van der Waals surface area contributed by atoms with Gasteiger partial charge < -0.3 is 11.1 Å². The van der Waals surface area contributed by atoms with Gasteiger partial charge in [-0.05, 0) is 24.3 Å². The summed E-state index contributed by atoms with van der Waals surface area (Å²) in [7, 11) is 0. The molecule has 0 spiro atoms. The summed E-state index contributed by atoms with van der Waals surface area (Å²) in [6, 6.07) is 6.49. The van der Waals surface area contributed by atoms with E-state index in [-0.39, 0.29) is 20.7 Å². The summed E-state index contributed by atoms with van der Waals surface area (Å²) in [6.07, 6.45) is 0. The van der Waals surface area contributed by atoms with E-state index in [1.54, 1.807) is 18.2 Å². The molecule has 0 fully saturated rings. The molecule has 2 nitrogen and oxygen atoms in total. The van der Waals surface area contributed by atoms with Crippen molar-refractivity contribution < 1.29 is 8.78 Å². The number of benzene rings is 2. The summed E-state index contributed by atoms with van der Waals surface area (Å²) in [5.74, 6) is -1.57. The lowest BCUT2D eigenvalue weighted by Crippen LogP contribution is -2.09. The number of anilines is 2. The van der Waals surface area contributed by atoms with Gasteiger partial charge in [0.1, 0.15) is 10.8 Å². The van der Waals surface area contributed by atoms with Crippen LogP contribution in [0.5, 0.6) is 0 Å². The zero-order valence-electron chi connectivity index (χ0n) is 9.88. The number of nitrogens with two attached hydrogens (primary N) is 1. The van der Waals surface area contributed by atoms with Crippen LogP contribution in [0.25, 0.3) is 0 Å². The highest BCUT2D eigenvalue weighted by Crippen LogP contribution is 2.32. The largest absolute Gasteiger partial charge is 0.389 e. The number of thiocarbonyl (C=S) groups is 1. The Kier molecular flexibility index (Phi) is 4.42. The molecular weight excluding hydrogens is 325 g/mol. The Morgan fingerprint density at radius 2 is 1.80 bits per heavy atom. The Balaban J connectivity index is 2.38. The highest BCUT2D eigenvalue weighted by atomic mass is 35.5. The second-order valence-corrected chi connectivity index (χ2v) is 5.18. The van der Waals surface area contributed by atoms with Crippen LogP contribution in [0.3, 0.4) is 0 Å². The van der Waals surface area contributed by atoms with Gasteiger partial charge >= 0.3 is 0 Å². The van der Waals surface area contributed by atoms with Crippen LogP contribution in [0.4, 0.5) is 20.2 Å². The zero-order chi connectivity index (χ0) is 14.9. The van der Waals surface area contributed by atoms with Crippen molar-refractivity contribution in [1.29, 1.82) is 0 Å². The van der Waals surface area contributed by atoms with Crippen molar-refractivity contribution in [3.63, 3.8) is 0 Å². The van der Waals surface area contributed by atoms with E-state index >= 15 is 0 Å². The molecule has 0 radical (unpaired) electrons. The molecule has 0 amide bonds. The average molecular weight is 333 g/mol. The molecule has 0 bridgehead atoms. The van der Waals surface area contributed by atoms with Gasteiger partial charge in [-0.25, -0.2) is 8.78 Å². The molecule has 0 aliphatic rings. The number of hydrogen-bond donors (Lipinski definition) is 2. The van der Waals surface area contributed by atoms with Crippen LogP contribution in [0.1, 0.15) is 5.56 Å². The molecule has 20 heavy (non-hydrogen) atoms. The van der Waals surface area contributed by atoms with Crippen molar-refractivity contribution in [1.82, 2.24) is 0 Å². The molecular formula is C13H8Cl2F2N2S. The lowest BCUT2D eigenvalue weighted by Gasteiger charge is -2.12. The standard InChI is InChI=1S/C13H8Cl2F2N2S/c14-8-3-6(13(18)20)1-2-11(8)19-12-9(15)4-7(16)5-10(12)17/h1-5,19H,(H2,18,20). The molecule has 7 heteroatoms. The molecule has 0 saturated carbocycles. The topological polar surface area (TPSA) is 38.0 Å². The van der Waals surface area contributed by atoms with Gasteiger partial charge in [-0.2, -0.15) is 0 Å². The van der Waals surface area contributed by atoms with E-state index in [1.165, 1.54) is 0 Å². The van der Waals surface area contributed by atoms with E-state index < -0.39 is 11.6 Å². The fraction of sp³-hybridized carbons (Fsp3) is 0. The van der Waals surface area contributed by atoms with Gasteiger partial charge in [0.15, 0.2) is 5.82 Å².